The number of nitrogens with one attached hydrogen (secondary N) is 1. The molecule has 10 nitrogen and oxygen atoms in total. The van der Waals surface area contributed by atoms with Crippen LogP contribution in [-0.4, -0.2) is 71.6 Å². The number of carbonyl (C=O) groups excluding carboxylic acids is 3. The Morgan fingerprint density at radius 1 is 0.755 bits per heavy atom. The molecule has 4 aromatic carbocycles. The van der Waals surface area contributed by atoms with Gasteiger partial charge in [0.15, 0.2) is 12.2 Å². The maximum atomic E-state index is 13.7. The predicted molar refractivity (Wildman–Crippen MR) is 201 cm³/mol. The highest BCUT2D eigenvalue weighted by atomic mass is 35.6. The molecule has 1 N–H and O–H groups in total. The van der Waals surface area contributed by atoms with Crippen molar-refractivity contribution in [3.8, 4) is 11.1 Å². The van der Waals surface area contributed by atoms with E-state index in [4.69, 9.17) is 63.2 Å². The second kappa shape index (κ2) is 17.9. The molecule has 14 heteroatoms. The second-order valence-electron chi connectivity index (χ2n) is 12.3. The lowest BCUT2D eigenvalue weighted by atomic mass is 9.97. The SMILES string of the molecule is CC(=O)O[C@@H]1[C@H](OC(=O)OCC2c3ccccc3-c3ccccc32)[C@@H](NC(=O)OCC(Cl)(Cl)Cl)[C@H](Sc2ccccc2)O[C@@H]1COCc1ccccc1. The summed E-state index contributed by atoms with van der Waals surface area (Å²) in [6.07, 6.45) is -5.61. The molecular weight excluding hydrogens is 765 g/mol. The Morgan fingerprint density at radius 2 is 1.36 bits per heavy atom. The Balaban J connectivity index is 1.28. The number of alkyl halides is 3. The largest absolute Gasteiger partial charge is 0.508 e. The van der Waals surface area contributed by atoms with E-state index in [0.717, 1.165) is 32.7 Å². The van der Waals surface area contributed by atoms with Gasteiger partial charge in [-0.2, -0.15) is 0 Å². The van der Waals surface area contributed by atoms with Crippen LogP contribution in [0.15, 0.2) is 114 Å². The van der Waals surface area contributed by atoms with Crippen LogP contribution < -0.4 is 5.32 Å². The van der Waals surface area contributed by atoms with E-state index >= 15 is 0 Å². The van der Waals surface area contributed by atoms with E-state index in [9.17, 15) is 14.4 Å². The molecular formula is C39H36Cl3NO9S. The zero-order valence-corrected chi connectivity index (χ0v) is 31.5. The standard InChI is InChI=1S/C39H36Cl3NO9S/c1-24(44)50-34-32(22-47-20-25-12-4-2-5-13-25)51-36(53-26-14-6-3-7-15-26)33(43-37(45)49-23-39(40,41)42)35(34)52-38(46)48-21-31-29-18-10-8-16-27(29)28-17-9-11-19-30(28)31/h2-19,31-36H,20-23H2,1H3,(H,43,45)/t32-,33-,34+,35-,36+/m1/s1. The summed E-state index contributed by atoms with van der Waals surface area (Å²) in [5.74, 6) is -0.931. The molecule has 2 aliphatic rings. The number of hydrogen-bond donors (Lipinski definition) is 1. The summed E-state index contributed by atoms with van der Waals surface area (Å²) in [7, 11) is 0. The van der Waals surface area contributed by atoms with Crippen LogP contribution in [0.5, 0.6) is 0 Å². The van der Waals surface area contributed by atoms with Crippen molar-refractivity contribution in [2.45, 2.75) is 57.9 Å². The van der Waals surface area contributed by atoms with Gasteiger partial charge in [0.1, 0.15) is 30.8 Å². The average molecular weight is 801 g/mol. The highest BCUT2D eigenvalue weighted by molar-refractivity contribution is 7.99. The van der Waals surface area contributed by atoms with Gasteiger partial charge in [0, 0.05) is 17.7 Å². The van der Waals surface area contributed by atoms with Crippen LogP contribution in [0.1, 0.15) is 29.5 Å². The Hall–Kier alpha value is -3.97. The lowest BCUT2D eigenvalue weighted by Crippen LogP contribution is -2.65. The molecule has 1 aliphatic heterocycles. The first-order valence-electron chi connectivity index (χ1n) is 16.7. The fraction of sp³-hybridized carbons (Fsp3) is 0.308. The summed E-state index contributed by atoms with van der Waals surface area (Å²) in [4.78, 5) is 40.3. The Morgan fingerprint density at radius 3 is 1.98 bits per heavy atom. The monoisotopic (exact) mass is 799 g/mol. The molecule has 1 aliphatic carbocycles. The second-order valence-corrected chi connectivity index (χ2v) is 16.0. The van der Waals surface area contributed by atoms with E-state index in [-0.39, 0.29) is 25.7 Å². The first kappa shape index (κ1) is 38.7. The molecule has 1 saturated heterocycles. The normalized spacial score (nSPS) is 20.8. The molecule has 1 fully saturated rings. The maximum Gasteiger partial charge on any atom is 0.508 e. The average Bonchev–Trinajstić information content (AvgIpc) is 3.46. The number of ether oxygens (including phenoxy) is 6. The molecule has 0 bridgehead atoms. The number of carbonyl (C=O) groups is 3. The Kier molecular flexibility index (Phi) is 13.1. The van der Waals surface area contributed by atoms with Gasteiger partial charge in [0.2, 0.25) is 3.79 Å². The number of amides is 1. The summed E-state index contributed by atoms with van der Waals surface area (Å²) < 4.78 is 33.4. The number of rotatable bonds is 12. The van der Waals surface area contributed by atoms with Crippen molar-refractivity contribution < 1.29 is 42.8 Å². The van der Waals surface area contributed by atoms with Crippen molar-refractivity contribution in [3.05, 3.63) is 126 Å². The number of halogens is 3. The molecule has 0 aromatic heterocycles. The predicted octanol–water partition coefficient (Wildman–Crippen LogP) is 8.45. The Bertz CT molecular complexity index is 1820. The van der Waals surface area contributed by atoms with Gasteiger partial charge in [0.25, 0.3) is 0 Å². The molecule has 0 spiro atoms. The number of esters is 1. The molecule has 0 radical (unpaired) electrons. The molecule has 1 amide bonds. The van der Waals surface area contributed by atoms with Gasteiger partial charge in [0.05, 0.1) is 13.2 Å². The van der Waals surface area contributed by atoms with Gasteiger partial charge in [-0.05, 0) is 39.9 Å². The van der Waals surface area contributed by atoms with Gasteiger partial charge in [-0.15, -0.1) is 0 Å². The lowest BCUT2D eigenvalue weighted by Gasteiger charge is -2.45. The molecule has 5 atom stereocenters. The third-order valence-electron chi connectivity index (χ3n) is 8.55. The molecule has 6 rings (SSSR count). The molecule has 1 heterocycles. The van der Waals surface area contributed by atoms with Crippen molar-refractivity contribution in [1.82, 2.24) is 5.32 Å². The van der Waals surface area contributed by atoms with Crippen LogP contribution in [0.4, 0.5) is 9.59 Å². The Labute approximate surface area is 326 Å². The first-order chi connectivity index (χ1) is 25.6. The smallest absolute Gasteiger partial charge is 0.456 e. The topological polar surface area (TPSA) is 119 Å². The first-order valence-corrected chi connectivity index (χ1v) is 18.7. The molecule has 0 saturated carbocycles. The quantitative estimate of drug-likeness (QED) is 0.0850. The van der Waals surface area contributed by atoms with Crippen molar-refractivity contribution in [2.75, 3.05) is 19.8 Å². The minimum Gasteiger partial charge on any atom is -0.456 e. The van der Waals surface area contributed by atoms with Crippen LogP contribution in [0.3, 0.4) is 0 Å². The third kappa shape index (κ3) is 10.4. The van der Waals surface area contributed by atoms with Gasteiger partial charge in [-0.25, -0.2) is 9.59 Å². The lowest BCUT2D eigenvalue weighted by molar-refractivity contribution is -0.203. The van der Waals surface area contributed by atoms with E-state index in [2.05, 4.69) is 5.32 Å². The summed E-state index contributed by atoms with van der Waals surface area (Å²) in [6, 6.07) is 33.4. The van der Waals surface area contributed by atoms with E-state index in [0.29, 0.717) is 0 Å². The number of fused-ring (bicyclic) bond motifs is 3. The van der Waals surface area contributed by atoms with Crippen molar-refractivity contribution in [2.24, 2.45) is 0 Å². The minimum absolute atomic E-state index is 0.0382. The van der Waals surface area contributed by atoms with Gasteiger partial charge in [-0.3, -0.25) is 4.79 Å². The van der Waals surface area contributed by atoms with Crippen molar-refractivity contribution >= 4 is 64.8 Å². The maximum absolute atomic E-state index is 13.7. The van der Waals surface area contributed by atoms with Gasteiger partial charge in [-0.1, -0.05) is 144 Å². The zero-order valence-electron chi connectivity index (χ0n) is 28.4. The fourth-order valence-electron chi connectivity index (χ4n) is 6.33. The van der Waals surface area contributed by atoms with Crippen molar-refractivity contribution in [1.29, 1.82) is 0 Å². The van der Waals surface area contributed by atoms with Crippen LogP contribution in [0.25, 0.3) is 11.1 Å². The van der Waals surface area contributed by atoms with E-state index in [1.54, 1.807) is 0 Å². The van der Waals surface area contributed by atoms with Gasteiger partial charge < -0.3 is 33.7 Å². The highest BCUT2D eigenvalue weighted by Gasteiger charge is 2.52. The highest BCUT2D eigenvalue weighted by Crippen LogP contribution is 2.45. The van der Waals surface area contributed by atoms with Crippen molar-refractivity contribution in [3.63, 3.8) is 0 Å². The van der Waals surface area contributed by atoms with E-state index < -0.39 is 58.4 Å². The minimum atomic E-state index is -1.89. The molecule has 0 unspecified atom stereocenters. The molecule has 278 valence electrons. The van der Waals surface area contributed by atoms with Gasteiger partial charge >= 0.3 is 18.2 Å². The third-order valence-corrected chi connectivity index (χ3v) is 10.1. The van der Waals surface area contributed by atoms with Crippen LogP contribution in [0.2, 0.25) is 0 Å². The molecule has 53 heavy (non-hydrogen) atoms. The van der Waals surface area contributed by atoms with E-state index in [1.165, 1.54) is 18.7 Å². The number of alkyl carbamates (subject to hydrolysis) is 1. The van der Waals surface area contributed by atoms with Crippen LogP contribution >= 0.6 is 46.6 Å². The number of hydrogen-bond acceptors (Lipinski definition) is 10. The molecule has 4 aromatic rings. The number of thioether (sulfide) groups is 1. The van der Waals surface area contributed by atoms with Crippen LogP contribution in [-0.2, 0) is 39.8 Å². The van der Waals surface area contributed by atoms with Crippen LogP contribution in [0, 0.1) is 0 Å². The summed E-state index contributed by atoms with van der Waals surface area (Å²) in [5.41, 5.74) is 4.11. The summed E-state index contributed by atoms with van der Waals surface area (Å²) in [6.45, 7) is 0.771. The summed E-state index contributed by atoms with van der Waals surface area (Å²) in [5, 5.41) is 2.70. The number of benzene rings is 4. The van der Waals surface area contributed by atoms with E-state index in [1.807, 2.05) is 109 Å². The fourth-order valence-corrected chi connectivity index (χ4v) is 7.64. The summed E-state index contributed by atoms with van der Waals surface area (Å²) >= 11 is 18.8. The zero-order chi connectivity index (χ0) is 37.4.